The van der Waals surface area contributed by atoms with Crippen LogP contribution in [0, 0.1) is 6.92 Å². The number of amides is 1. The summed E-state index contributed by atoms with van der Waals surface area (Å²) < 4.78 is 1.03. The molecule has 2 aromatic heterocycles. The highest BCUT2D eigenvalue weighted by Gasteiger charge is 2.19. The fourth-order valence-electron chi connectivity index (χ4n) is 3.07. The molecule has 4 aromatic rings. The summed E-state index contributed by atoms with van der Waals surface area (Å²) in [7, 11) is 0. The number of hydrogen-bond donors (Lipinski definition) is 2. The molecule has 0 saturated carbocycles. The van der Waals surface area contributed by atoms with Gasteiger partial charge in [0.05, 0.1) is 32.3 Å². The molecule has 0 aliphatic carbocycles. The second-order valence-corrected chi connectivity index (χ2v) is 8.58. The van der Waals surface area contributed by atoms with Crippen LogP contribution in [0.4, 0.5) is 0 Å². The number of thiazole rings is 1. The van der Waals surface area contributed by atoms with Crippen LogP contribution >= 0.6 is 23.1 Å². The number of aromatic amines is 1. The molecule has 0 spiro atoms. The maximum Gasteiger partial charge on any atom is 0.251 e. The van der Waals surface area contributed by atoms with Crippen molar-refractivity contribution in [2.75, 3.05) is 12.0 Å². The van der Waals surface area contributed by atoms with Gasteiger partial charge in [-0.3, -0.25) is 4.79 Å². The van der Waals surface area contributed by atoms with Crippen molar-refractivity contribution in [2.24, 2.45) is 0 Å². The predicted octanol–water partition coefficient (Wildman–Crippen LogP) is 4.71. The number of carbonyl (C=O) groups is 1. The molecular formula is C20H20N4OS2. The Balaban J connectivity index is 1.60. The van der Waals surface area contributed by atoms with Crippen LogP contribution in [-0.2, 0) is 0 Å². The van der Waals surface area contributed by atoms with E-state index in [1.165, 1.54) is 0 Å². The normalized spacial score (nSPS) is 12.5. The molecule has 0 radical (unpaired) electrons. The topological polar surface area (TPSA) is 70.7 Å². The van der Waals surface area contributed by atoms with Crippen LogP contribution in [0.3, 0.4) is 0 Å². The van der Waals surface area contributed by atoms with Gasteiger partial charge in [-0.1, -0.05) is 12.1 Å². The van der Waals surface area contributed by atoms with E-state index in [2.05, 4.69) is 26.5 Å². The van der Waals surface area contributed by atoms with Crippen LogP contribution in [0.25, 0.3) is 21.3 Å². The number of nitrogens with one attached hydrogen (secondary N) is 2. The number of aromatic nitrogens is 3. The highest BCUT2D eigenvalue weighted by Crippen LogP contribution is 2.24. The molecule has 5 nitrogen and oxygen atoms in total. The number of hydrogen-bond acceptors (Lipinski definition) is 5. The van der Waals surface area contributed by atoms with Gasteiger partial charge in [-0.25, -0.2) is 9.97 Å². The Kier molecular flexibility index (Phi) is 5.13. The van der Waals surface area contributed by atoms with E-state index < -0.39 is 0 Å². The fraction of sp³-hybridized carbons (Fsp3) is 0.250. The van der Waals surface area contributed by atoms with E-state index in [0.717, 1.165) is 44.3 Å². The average molecular weight is 397 g/mol. The molecule has 4 rings (SSSR count). The smallest absolute Gasteiger partial charge is 0.251 e. The largest absolute Gasteiger partial charge is 0.342 e. The van der Waals surface area contributed by atoms with Gasteiger partial charge < -0.3 is 10.3 Å². The van der Waals surface area contributed by atoms with Gasteiger partial charge in [-0.2, -0.15) is 11.8 Å². The summed E-state index contributed by atoms with van der Waals surface area (Å²) in [5.74, 6) is 1.65. The van der Waals surface area contributed by atoms with Crippen LogP contribution in [-0.4, -0.2) is 32.9 Å². The van der Waals surface area contributed by atoms with E-state index in [1.807, 2.05) is 49.4 Å². The molecule has 7 heteroatoms. The third-order valence-electron chi connectivity index (χ3n) is 4.41. The van der Waals surface area contributed by atoms with Crippen molar-refractivity contribution in [3.8, 4) is 0 Å². The van der Waals surface area contributed by atoms with Crippen molar-refractivity contribution >= 4 is 50.3 Å². The third-order valence-corrected chi connectivity index (χ3v) is 5.99. The lowest BCUT2D eigenvalue weighted by Gasteiger charge is -2.16. The van der Waals surface area contributed by atoms with Gasteiger partial charge >= 0.3 is 0 Å². The summed E-state index contributed by atoms with van der Waals surface area (Å²) in [5.41, 5.74) is 3.48. The lowest BCUT2D eigenvalue weighted by molar-refractivity contribution is 0.0934. The summed E-state index contributed by atoms with van der Waals surface area (Å²) in [6.07, 6.45) is 2.88. The van der Waals surface area contributed by atoms with Crippen LogP contribution in [0.15, 0.2) is 42.5 Å². The van der Waals surface area contributed by atoms with Crippen LogP contribution < -0.4 is 5.32 Å². The summed E-state index contributed by atoms with van der Waals surface area (Å²) in [5, 5.41) is 4.16. The maximum absolute atomic E-state index is 12.9. The Morgan fingerprint density at radius 2 is 2.07 bits per heavy atom. The zero-order chi connectivity index (χ0) is 18.8. The van der Waals surface area contributed by atoms with Gasteiger partial charge in [0.2, 0.25) is 0 Å². The molecule has 0 aliphatic rings. The van der Waals surface area contributed by atoms with Crippen molar-refractivity contribution in [1.82, 2.24) is 20.3 Å². The Morgan fingerprint density at radius 1 is 1.22 bits per heavy atom. The molecule has 2 aromatic carbocycles. The second-order valence-electron chi connectivity index (χ2n) is 6.36. The van der Waals surface area contributed by atoms with Crippen LogP contribution in [0.2, 0.25) is 0 Å². The number of thioether (sulfide) groups is 1. The minimum Gasteiger partial charge on any atom is -0.342 e. The Bertz CT molecular complexity index is 1070. The van der Waals surface area contributed by atoms with Crippen molar-refractivity contribution in [2.45, 2.75) is 19.4 Å². The van der Waals surface area contributed by atoms with E-state index in [-0.39, 0.29) is 11.9 Å². The number of aryl methyl sites for hydroxylation is 1. The summed E-state index contributed by atoms with van der Waals surface area (Å²) in [6, 6.07) is 13.4. The summed E-state index contributed by atoms with van der Waals surface area (Å²) >= 11 is 3.36. The molecule has 0 fully saturated rings. The Labute approximate surface area is 165 Å². The molecule has 0 aliphatic heterocycles. The summed E-state index contributed by atoms with van der Waals surface area (Å²) in [4.78, 5) is 25.4. The van der Waals surface area contributed by atoms with E-state index in [4.69, 9.17) is 0 Å². The quantitative estimate of drug-likeness (QED) is 0.495. The standard InChI is InChI=1S/C20H20N4OS2/c1-12-21-16-8-7-13(11-18(16)27-12)20(25)24-17(9-10-26-2)19-22-14-5-3-4-6-15(14)23-19/h3-8,11,17H,9-10H2,1-2H3,(H,22,23)(H,24,25). The fourth-order valence-corrected chi connectivity index (χ4v) is 4.41. The number of rotatable bonds is 6. The van der Waals surface area contributed by atoms with Gasteiger partial charge in [0, 0.05) is 5.56 Å². The van der Waals surface area contributed by atoms with Crippen LogP contribution in [0.1, 0.15) is 33.7 Å². The van der Waals surface area contributed by atoms with E-state index in [0.29, 0.717) is 5.56 Å². The number of nitrogens with zero attached hydrogens (tertiary/aromatic N) is 2. The first-order valence-electron chi connectivity index (χ1n) is 8.75. The first kappa shape index (κ1) is 18.0. The number of para-hydroxylation sites is 2. The number of carbonyl (C=O) groups excluding carboxylic acids is 1. The molecule has 2 N–H and O–H groups in total. The van der Waals surface area contributed by atoms with Gasteiger partial charge in [0.25, 0.3) is 5.91 Å². The molecule has 1 amide bonds. The minimum absolute atomic E-state index is 0.0884. The van der Waals surface area contributed by atoms with E-state index in [9.17, 15) is 4.79 Å². The number of fused-ring (bicyclic) bond motifs is 2. The average Bonchev–Trinajstić information content (AvgIpc) is 3.26. The van der Waals surface area contributed by atoms with Gasteiger partial charge in [0.15, 0.2) is 0 Å². The van der Waals surface area contributed by atoms with Crippen molar-refractivity contribution < 1.29 is 4.79 Å². The number of H-pyrrole nitrogens is 1. The Morgan fingerprint density at radius 3 is 2.89 bits per heavy atom. The van der Waals surface area contributed by atoms with Crippen molar-refractivity contribution in [3.63, 3.8) is 0 Å². The number of benzene rings is 2. The number of imidazole rings is 1. The molecule has 1 unspecified atom stereocenters. The Hall–Kier alpha value is -2.38. The molecular weight excluding hydrogens is 376 g/mol. The molecule has 0 saturated heterocycles. The van der Waals surface area contributed by atoms with Gasteiger partial charge in [0.1, 0.15) is 5.82 Å². The summed E-state index contributed by atoms with van der Waals surface area (Å²) in [6.45, 7) is 1.98. The van der Waals surface area contributed by atoms with E-state index >= 15 is 0 Å². The molecule has 2 heterocycles. The monoisotopic (exact) mass is 396 g/mol. The SMILES string of the molecule is CSCCC(NC(=O)c1ccc2nc(C)sc2c1)c1nc2ccccc2[nH]1. The molecule has 138 valence electrons. The predicted molar refractivity (Wildman–Crippen MR) is 114 cm³/mol. The van der Waals surface area contributed by atoms with Crippen LogP contribution in [0.5, 0.6) is 0 Å². The van der Waals surface area contributed by atoms with Crippen molar-refractivity contribution in [3.05, 3.63) is 58.9 Å². The first-order valence-corrected chi connectivity index (χ1v) is 11.0. The first-order chi connectivity index (χ1) is 13.1. The second kappa shape index (κ2) is 7.70. The zero-order valence-electron chi connectivity index (χ0n) is 15.2. The molecule has 1 atom stereocenters. The molecule has 27 heavy (non-hydrogen) atoms. The third kappa shape index (κ3) is 3.84. The van der Waals surface area contributed by atoms with Crippen molar-refractivity contribution in [1.29, 1.82) is 0 Å². The van der Waals surface area contributed by atoms with E-state index in [1.54, 1.807) is 23.1 Å². The lowest BCUT2D eigenvalue weighted by atomic mass is 10.1. The highest BCUT2D eigenvalue weighted by molar-refractivity contribution is 7.98. The maximum atomic E-state index is 12.9. The van der Waals surface area contributed by atoms with Gasteiger partial charge in [-0.15, -0.1) is 11.3 Å². The zero-order valence-corrected chi connectivity index (χ0v) is 16.8. The van der Waals surface area contributed by atoms with Gasteiger partial charge in [-0.05, 0) is 55.7 Å². The lowest BCUT2D eigenvalue weighted by Crippen LogP contribution is -2.29. The molecule has 0 bridgehead atoms. The minimum atomic E-state index is -0.156. The highest BCUT2D eigenvalue weighted by atomic mass is 32.2.